The summed E-state index contributed by atoms with van der Waals surface area (Å²) in [6.45, 7) is 5.85. The highest BCUT2D eigenvalue weighted by Crippen LogP contribution is 2.19. The van der Waals surface area contributed by atoms with Gasteiger partial charge in [0.1, 0.15) is 5.82 Å². The minimum absolute atomic E-state index is 0.135. The molecule has 2 aromatic rings. The molecule has 10 heteroatoms. The van der Waals surface area contributed by atoms with Crippen LogP contribution in [-0.4, -0.2) is 50.5 Å². The average Bonchev–Trinajstić information content (AvgIpc) is 2.71. The fraction of sp³-hybridized carbons (Fsp3) is 0.450. The third-order valence-electron chi connectivity index (χ3n) is 4.71. The third kappa shape index (κ3) is 6.14. The summed E-state index contributed by atoms with van der Waals surface area (Å²) in [5.41, 5.74) is 1.41. The Hall–Kier alpha value is -2.72. The molecule has 0 bridgehead atoms. The smallest absolute Gasteiger partial charge is 0.240 e. The molecule has 0 spiro atoms. The maximum absolute atomic E-state index is 12.4. The predicted molar refractivity (Wildman–Crippen MR) is 117 cm³/mol. The quantitative estimate of drug-likeness (QED) is 0.547. The van der Waals surface area contributed by atoms with Crippen LogP contribution < -0.4 is 20.3 Å². The van der Waals surface area contributed by atoms with Gasteiger partial charge in [0.25, 0.3) is 0 Å². The van der Waals surface area contributed by atoms with E-state index in [2.05, 4.69) is 30.2 Å². The second kappa shape index (κ2) is 9.86. The SMILES string of the molecule is CC(=O)Nc1ccc(S(=O)(=O)NCCNc2nc(C)cc(N3CCCCC3)n2)cc1. The first-order valence-electron chi connectivity index (χ1n) is 10.1. The number of carbonyl (C=O) groups is 1. The molecule has 30 heavy (non-hydrogen) atoms. The van der Waals surface area contributed by atoms with Gasteiger partial charge in [-0.05, 0) is 50.5 Å². The normalized spacial score (nSPS) is 14.4. The van der Waals surface area contributed by atoms with E-state index in [1.54, 1.807) is 12.1 Å². The molecule has 0 aliphatic carbocycles. The number of carbonyl (C=O) groups excluding carboxylic acids is 1. The molecule has 1 aromatic carbocycles. The summed E-state index contributed by atoms with van der Waals surface area (Å²) in [5.74, 6) is 1.19. The van der Waals surface area contributed by atoms with Crippen molar-refractivity contribution < 1.29 is 13.2 Å². The predicted octanol–water partition coefficient (Wildman–Crippen LogP) is 2.12. The van der Waals surface area contributed by atoms with E-state index in [-0.39, 0.29) is 17.3 Å². The van der Waals surface area contributed by atoms with Crippen LogP contribution in [0.5, 0.6) is 0 Å². The minimum Gasteiger partial charge on any atom is -0.356 e. The molecular weight excluding hydrogens is 404 g/mol. The molecule has 0 radical (unpaired) electrons. The number of aryl methyl sites for hydroxylation is 1. The van der Waals surface area contributed by atoms with Crippen LogP contribution in [0.2, 0.25) is 0 Å². The number of amides is 1. The van der Waals surface area contributed by atoms with E-state index < -0.39 is 10.0 Å². The van der Waals surface area contributed by atoms with Gasteiger partial charge in [0, 0.05) is 50.6 Å². The summed E-state index contributed by atoms with van der Waals surface area (Å²) < 4.78 is 27.4. The molecule has 1 aromatic heterocycles. The summed E-state index contributed by atoms with van der Waals surface area (Å²) in [6.07, 6.45) is 3.58. The van der Waals surface area contributed by atoms with Crippen LogP contribution in [0.1, 0.15) is 31.9 Å². The second-order valence-corrected chi connectivity index (χ2v) is 9.04. The lowest BCUT2D eigenvalue weighted by Gasteiger charge is -2.28. The van der Waals surface area contributed by atoms with E-state index in [0.717, 1.165) is 24.6 Å². The van der Waals surface area contributed by atoms with Gasteiger partial charge in [0.15, 0.2) is 0 Å². The Bertz CT molecular complexity index is 973. The average molecular weight is 433 g/mol. The number of anilines is 3. The van der Waals surface area contributed by atoms with Crippen LogP contribution in [-0.2, 0) is 14.8 Å². The Labute approximate surface area is 177 Å². The first kappa shape index (κ1) is 22.0. The van der Waals surface area contributed by atoms with Crippen molar-refractivity contribution >= 4 is 33.4 Å². The zero-order chi connectivity index (χ0) is 21.6. The van der Waals surface area contributed by atoms with Gasteiger partial charge in [0.2, 0.25) is 21.9 Å². The Kier molecular flexibility index (Phi) is 7.22. The van der Waals surface area contributed by atoms with Crippen molar-refractivity contribution in [3.8, 4) is 0 Å². The van der Waals surface area contributed by atoms with Crippen molar-refractivity contribution in [1.29, 1.82) is 0 Å². The van der Waals surface area contributed by atoms with Crippen LogP contribution in [0, 0.1) is 6.92 Å². The molecule has 0 unspecified atom stereocenters. The summed E-state index contributed by atoms with van der Waals surface area (Å²) >= 11 is 0. The highest BCUT2D eigenvalue weighted by molar-refractivity contribution is 7.89. The number of nitrogens with one attached hydrogen (secondary N) is 3. The zero-order valence-corrected chi connectivity index (χ0v) is 18.1. The van der Waals surface area contributed by atoms with E-state index in [1.807, 2.05) is 13.0 Å². The highest BCUT2D eigenvalue weighted by atomic mass is 32.2. The fourth-order valence-electron chi connectivity index (χ4n) is 3.28. The maximum Gasteiger partial charge on any atom is 0.240 e. The van der Waals surface area contributed by atoms with Crippen molar-refractivity contribution in [1.82, 2.24) is 14.7 Å². The molecule has 3 rings (SSSR count). The number of hydrogen-bond acceptors (Lipinski definition) is 7. The molecule has 1 aliphatic heterocycles. The molecule has 0 saturated carbocycles. The summed E-state index contributed by atoms with van der Waals surface area (Å²) in [6, 6.07) is 7.99. The van der Waals surface area contributed by atoms with Crippen LogP contribution in [0.25, 0.3) is 0 Å². The van der Waals surface area contributed by atoms with Crippen molar-refractivity contribution in [2.45, 2.75) is 38.0 Å². The zero-order valence-electron chi connectivity index (χ0n) is 17.3. The monoisotopic (exact) mass is 432 g/mol. The molecule has 2 heterocycles. The fourth-order valence-corrected chi connectivity index (χ4v) is 4.31. The number of sulfonamides is 1. The molecule has 162 valence electrons. The van der Waals surface area contributed by atoms with E-state index in [1.165, 1.54) is 38.3 Å². The first-order chi connectivity index (χ1) is 14.3. The lowest BCUT2D eigenvalue weighted by atomic mass is 10.1. The molecular formula is C20H28N6O3S. The largest absolute Gasteiger partial charge is 0.356 e. The molecule has 1 aliphatic rings. The first-order valence-corrected chi connectivity index (χ1v) is 11.5. The lowest BCUT2D eigenvalue weighted by molar-refractivity contribution is -0.114. The summed E-state index contributed by atoms with van der Waals surface area (Å²) in [5, 5.41) is 5.70. The van der Waals surface area contributed by atoms with E-state index in [0.29, 0.717) is 18.2 Å². The van der Waals surface area contributed by atoms with Gasteiger partial charge in [-0.3, -0.25) is 4.79 Å². The van der Waals surface area contributed by atoms with Crippen LogP contribution in [0.3, 0.4) is 0 Å². The van der Waals surface area contributed by atoms with Crippen molar-refractivity contribution in [3.05, 3.63) is 36.0 Å². The van der Waals surface area contributed by atoms with Gasteiger partial charge < -0.3 is 15.5 Å². The maximum atomic E-state index is 12.4. The topological polar surface area (TPSA) is 116 Å². The lowest BCUT2D eigenvalue weighted by Crippen LogP contribution is -2.31. The Morgan fingerprint density at radius 3 is 2.43 bits per heavy atom. The van der Waals surface area contributed by atoms with Gasteiger partial charge in [0.05, 0.1) is 4.90 Å². The Balaban J connectivity index is 1.53. The van der Waals surface area contributed by atoms with Gasteiger partial charge in [-0.15, -0.1) is 0 Å². The Morgan fingerprint density at radius 1 is 1.07 bits per heavy atom. The summed E-state index contributed by atoms with van der Waals surface area (Å²) in [4.78, 5) is 22.4. The molecule has 1 amide bonds. The van der Waals surface area contributed by atoms with Gasteiger partial charge >= 0.3 is 0 Å². The third-order valence-corrected chi connectivity index (χ3v) is 6.18. The molecule has 1 fully saturated rings. The number of nitrogens with zero attached hydrogens (tertiary/aromatic N) is 3. The van der Waals surface area contributed by atoms with E-state index in [4.69, 9.17) is 0 Å². The molecule has 3 N–H and O–H groups in total. The second-order valence-electron chi connectivity index (χ2n) is 7.27. The number of benzene rings is 1. The van der Waals surface area contributed by atoms with Gasteiger partial charge in [-0.25, -0.2) is 18.1 Å². The minimum atomic E-state index is -3.65. The highest BCUT2D eigenvalue weighted by Gasteiger charge is 2.15. The number of hydrogen-bond donors (Lipinski definition) is 3. The molecule has 0 atom stereocenters. The van der Waals surface area contributed by atoms with Crippen molar-refractivity contribution in [2.24, 2.45) is 0 Å². The number of rotatable bonds is 8. The Morgan fingerprint density at radius 2 is 1.77 bits per heavy atom. The van der Waals surface area contributed by atoms with Crippen LogP contribution >= 0.6 is 0 Å². The number of aromatic nitrogens is 2. The van der Waals surface area contributed by atoms with Crippen molar-refractivity contribution in [2.75, 3.05) is 41.7 Å². The van der Waals surface area contributed by atoms with Crippen LogP contribution in [0.15, 0.2) is 35.2 Å². The summed E-state index contributed by atoms with van der Waals surface area (Å²) in [7, 11) is -3.65. The number of piperidine rings is 1. The van der Waals surface area contributed by atoms with E-state index in [9.17, 15) is 13.2 Å². The molecule has 9 nitrogen and oxygen atoms in total. The molecule has 1 saturated heterocycles. The van der Waals surface area contributed by atoms with E-state index >= 15 is 0 Å². The van der Waals surface area contributed by atoms with Crippen molar-refractivity contribution in [3.63, 3.8) is 0 Å². The van der Waals surface area contributed by atoms with Gasteiger partial charge in [-0.1, -0.05) is 0 Å². The van der Waals surface area contributed by atoms with Crippen LogP contribution in [0.4, 0.5) is 17.5 Å². The standard InChI is InChI=1S/C20H28N6O3S/c1-15-14-19(26-12-4-3-5-13-26)25-20(23-15)21-10-11-22-30(28,29)18-8-6-17(7-9-18)24-16(2)27/h6-9,14,22H,3-5,10-13H2,1-2H3,(H,24,27)(H,21,23,25). The van der Waals surface area contributed by atoms with Gasteiger partial charge in [-0.2, -0.15) is 4.98 Å².